The van der Waals surface area contributed by atoms with E-state index in [4.69, 9.17) is 0 Å². The number of β-lactam (4-membered cyclic amide) rings is 1. The standard InChI is InChI=1S/C19H31N3O5/c1-9-14(11-4-7-21-12(8-11)13(24)5-6-20-3)17(19(26)27)22-16(9)15(10(2)23)18(22)25/h9-13,15-16,20-21,23-24H,4-8H2,1-3H3,(H,26,27)/t9-,10+,11?,12-,13+,15+,16+/m0/s1. The number of rotatable bonds is 7. The van der Waals surface area contributed by atoms with Crippen LogP contribution in [0.3, 0.4) is 0 Å². The molecule has 2 fully saturated rings. The number of nitrogens with one attached hydrogen (secondary N) is 2. The molecular weight excluding hydrogens is 350 g/mol. The van der Waals surface area contributed by atoms with Crippen LogP contribution in [0.15, 0.2) is 11.3 Å². The van der Waals surface area contributed by atoms with Gasteiger partial charge in [0.2, 0.25) is 5.91 Å². The van der Waals surface area contributed by atoms with Crippen molar-refractivity contribution in [2.24, 2.45) is 17.8 Å². The topological polar surface area (TPSA) is 122 Å². The van der Waals surface area contributed by atoms with Gasteiger partial charge in [-0.25, -0.2) is 4.79 Å². The lowest BCUT2D eigenvalue weighted by atomic mass is 9.73. The van der Waals surface area contributed by atoms with E-state index in [1.807, 2.05) is 14.0 Å². The molecule has 3 heterocycles. The van der Waals surface area contributed by atoms with Crippen molar-refractivity contribution >= 4 is 11.9 Å². The minimum atomic E-state index is -1.08. The van der Waals surface area contributed by atoms with Gasteiger partial charge in [0.05, 0.1) is 24.2 Å². The Kier molecular flexibility index (Phi) is 5.90. The molecule has 3 aliphatic heterocycles. The maximum absolute atomic E-state index is 12.5. The zero-order valence-electron chi connectivity index (χ0n) is 16.2. The number of aliphatic hydroxyl groups is 2. The molecule has 2 saturated heterocycles. The highest BCUT2D eigenvalue weighted by molar-refractivity contribution is 6.00. The molecule has 8 heteroatoms. The molecule has 8 nitrogen and oxygen atoms in total. The minimum Gasteiger partial charge on any atom is -0.477 e. The smallest absolute Gasteiger partial charge is 0.352 e. The van der Waals surface area contributed by atoms with Crippen molar-refractivity contribution in [3.8, 4) is 0 Å². The molecule has 3 rings (SSSR count). The average molecular weight is 381 g/mol. The summed E-state index contributed by atoms with van der Waals surface area (Å²) in [5.74, 6) is -2.01. The van der Waals surface area contributed by atoms with Gasteiger partial charge in [-0.2, -0.15) is 0 Å². The third-order valence-corrected chi connectivity index (χ3v) is 6.46. The zero-order valence-corrected chi connectivity index (χ0v) is 16.2. The predicted molar refractivity (Wildman–Crippen MR) is 98.7 cm³/mol. The Morgan fingerprint density at radius 2 is 2.11 bits per heavy atom. The van der Waals surface area contributed by atoms with Gasteiger partial charge in [0.25, 0.3) is 0 Å². The predicted octanol–water partition coefficient (Wildman–Crippen LogP) is -0.479. The van der Waals surface area contributed by atoms with Crippen LogP contribution in [-0.4, -0.2) is 76.5 Å². The summed E-state index contributed by atoms with van der Waals surface area (Å²) < 4.78 is 0. The monoisotopic (exact) mass is 381 g/mol. The fraction of sp³-hybridized carbons (Fsp3) is 0.789. The van der Waals surface area contributed by atoms with Crippen LogP contribution in [0.5, 0.6) is 0 Å². The Hall–Kier alpha value is -1.48. The Morgan fingerprint density at radius 3 is 2.70 bits per heavy atom. The van der Waals surface area contributed by atoms with Gasteiger partial charge < -0.3 is 30.9 Å². The van der Waals surface area contributed by atoms with E-state index in [0.717, 1.165) is 12.0 Å². The number of aliphatic carboxylic acids is 1. The van der Waals surface area contributed by atoms with Crippen LogP contribution in [0, 0.1) is 17.8 Å². The van der Waals surface area contributed by atoms with Crippen molar-refractivity contribution in [2.75, 3.05) is 20.1 Å². The van der Waals surface area contributed by atoms with Gasteiger partial charge >= 0.3 is 5.97 Å². The SMILES string of the molecule is CNCC[C@@H](O)[C@@H]1CC(C2=C(C(=O)O)N3C(=O)[C@H]([C@@H](C)O)[C@H]3[C@H]2C)CCN1. The summed E-state index contributed by atoms with van der Waals surface area (Å²) >= 11 is 0. The highest BCUT2D eigenvalue weighted by Crippen LogP contribution is 2.50. The highest BCUT2D eigenvalue weighted by Gasteiger charge is 2.60. The number of carboxylic acids is 1. The summed E-state index contributed by atoms with van der Waals surface area (Å²) in [4.78, 5) is 25.8. The van der Waals surface area contributed by atoms with Crippen LogP contribution in [0.25, 0.3) is 0 Å². The van der Waals surface area contributed by atoms with E-state index in [-0.39, 0.29) is 35.5 Å². The molecule has 0 aliphatic carbocycles. The first-order valence-corrected chi connectivity index (χ1v) is 9.84. The molecule has 0 radical (unpaired) electrons. The van der Waals surface area contributed by atoms with Crippen molar-refractivity contribution in [1.82, 2.24) is 15.5 Å². The third-order valence-electron chi connectivity index (χ3n) is 6.46. The van der Waals surface area contributed by atoms with Crippen LogP contribution in [0.2, 0.25) is 0 Å². The number of piperidine rings is 1. The molecule has 0 spiro atoms. The van der Waals surface area contributed by atoms with Gasteiger partial charge in [-0.1, -0.05) is 6.92 Å². The summed E-state index contributed by atoms with van der Waals surface area (Å²) in [5.41, 5.74) is 0.904. The lowest BCUT2D eigenvalue weighted by Crippen LogP contribution is -2.63. The number of carbonyl (C=O) groups is 2. The van der Waals surface area contributed by atoms with Crippen molar-refractivity contribution < 1.29 is 24.9 Å². The number of nitrogens with zero attached hydrogens (tertiary/aromatic N) is 1. The minimum absolute atomic E-state index is 0.00892. The van der Waals surface area contributed by atoms with Crippen LogP contribution in [0.4, 0.5) is 0 Å². The first kappa shape index (κ1) is 20.3. The average Bonchev–Trinajstić information content (AvgIpc) is 2.88. The number of aliphatic hydroxyl groups excluding tert-OH is 2. The van der Waals surface area contributed by atoms with E-state index in [0.29, 0.717) is 25.9 Å². The maximum atomic E-state index is 12.5. The van der Waals surface area contributed by atoms with Crippen molar-refractivity contribution in [3.05, 3.63) is 11.3 Å². The van der Waals surface area contributed by atoms with E-state index in [1.165, 1.54) is 4.90 Å². The second-order valence-corrected chi connectivity index (χ2v) is 8.10. The van der Waals surface area contributed by atoms with Crippen LogP contribution < -0.4 is 10.6 Å². The summed E-state index contributed by atoms with van der Waals surface area (Å²) in [6.45, 7) is 4.96. The lowest BCUT2D eigenvalue weighted by molar-refractivity contribution is -0.163. The second-order valence-electron chi connectivity index (χ2n) is 8.10. The van der Waals surface area contributed by atoms with Gasteiger partial charge in [0.15, 0.2) is 0 Å². The Morgan fingerprint density at radius 1 is 1.41 bits per heavy atom. The van der Waals surface area contributed by atoms with E-state index >= 15 is 0 Å². The number of carboxylic acid groups (broad SMARTS) is 1. The molecule has 0 aromatic heterocycles. The van der Waals surface area contributed by atoms with Crippen LogP contribution in [0.1, 0.15) is 33.1 Å². The summed E-state index contributed by atoms with van der Waals surface area (Å²) in [5, 5.41) is 36.6. The molecule has 0 aromatic rings. The number of hydrogen-bond donors (Lipinski definition) is 5. The molecule has 1 amide bonds. The van der Waals surface area contributed by atoms with E-state index in [9.17, 15) is 24.9 Å². The van der Waals surface area contributed by atoms with E-state index in [2.05, 4.69) is 10.6 Å². The Bertz CT molecular complexity index is 635. The quantitative estimate of drug-likeness (QED) is 0.378. The van der Waals surface area contributed by atoms with E-state index in [1.54, 1.807) is 6.92 Å². The summed E-state index contributed by atoms with van der Waals surface area (Å²) in [6.07, 6.45) is 0.753. The van der Waals surface area contributed by atoms with Crippen molar-refractivity contribution in [2.45, 2.75) is 57.4 Å². The molecule has 0 saturated carbocycles. The molecule has 7 atom stereocenters. The number of hydrogen-bond acceptors (Lipinski definition) is 6. The van der Waals surface area contributed by atoms with Crippen molar-refractivity contribution in [3.63, 3.8) is 0 Å². The first-order valence-electron chi connectivity index (χ1n) is 9.84. The molecule has 152 valence electrons. The normalized spacial score (nSPS) is 35.7. The second kappa shape index (κ2) is 7.87. The van der Waals surface area contributed by atoms with Gasteiger partial charge in [-0.3, -0.25) is 4.79 Å². The first-order chi connectivity index (χ1) is 12.8. The van der Waals surface area contributed by atoms with E-state index < -0.39 is 24.1 Å². The maximum Gasteiger partial charge on any atom is 0.352 e. The van der Waals surface area contributed by atoms with Crippen molar-refractivity contribution in [1.29, 1.82) is 0 Å². The lowest BCUT2D eigenvalue weighted by Gasteiger charge is -2.46. The molecule has 5 N–H and O–H groups in total. The van der Waals surface area contributed by atoms with Crippen LogP contribution >= 0.6 is 0 Å². The van der Waals surface area contributed by atoms with Crippen LogP contribution in [-0.2, 0) is 9.59 Å². The highest BCUT2D eigenvalue weighted by atomic mass is 16.4. The molecule has 0 bridgehead atoms. The molecule has 1 unspecified atom stereocenters. The van der Waals surface area contributed by atoms with Gasteiger partial charge in [0, 0.05) is 12.0 Å². The Labute approximate surface area is 159 Å². The number of amides is 1. The van der Waals surface area contributed by atoms with Gasteiger partial charge in [0.1, 0.15) is 5.70 Å². The largest absolute Gasteiger partial charge is 0.477 e. The van der Waals surface area contributed by atoms with Gasteiger partial charge in [-0.05, 0) is 57.8 Å². The molecule has 0 aromatic carbocycles. The van der Waals surface area contributed by atoms with Gasteiger partial charge in [-0.15, -0.1) is 0 Å². The fourth-order valence-corrected chi connectivity index (χ4v) is 5.17. The molecular formula is C19H31N3O5. The summed E-state index contributed by atoms with van der Waals surface area (Å²) in [6, 6.07) is -0.371. The Balaban J connectivity index is 1.84. The fourth-order valence-electron chi connectivity index (χ4n) is 5.17. The number of carbonyl (C=O) groups excluding carboxylic acids is 1. The molecule has 3 aliphatic rings. The zero-order chi connectivity index (χ0) is 19.9. The summed E-state index contributed by atoms with van der Waals surface area (Å²) in [7, 11) is 1.84. The third kappa shape index (κ3) is 3.40. The number of fused-ring (bicyclic) bond motifs is 1. The molecule has 27 heavy (non-hydrogen) atoms.